The number of nitrogens with zero attached hydrogens (tertiary/aromatic N) is 7. The van der Waals surface area contributed by atoms with E-state index in [9.17, 15) is 14.7 Å². The van der Waals surface area contributed by atoms with Crippen LogP contribution in [0.3, 0.4) is 0 Å². The topological polar surface area (TPSA) is 107 Å². The van der Waals surface area contributed by atoms with Gasteiger partial charge in [0.2, 0.25) is 0 Å². The monoisotopic (exact) mass is 1100 g/mol. The molecule has 10 rings (SSSR count). The van der Waals surface area contributed by atoms with E-state index in [-0.39, 0.29) is 29.8 Å². The quantitative estimate of drug-likeness (QED) is 0.159. The summed E-state index contributed by atoms with van der Waals surface area (Å²) in [6.07, 6.45) is 2.31. The number of fused-ring (bicyclic) bond motifs is 2. The number of carboxylic acids is 1. The minimum Gasteiger partial charge on any atom is -0.477 e. The molecular weight excluding hydrogens is 1040 g/mol. The Kier molecular flexibility index (Phi) is 17.2. The SMILES string of the molecule is CC(C)C1=C(C(=O)N2CC[C@@H](N(C)C)C2)SC2=NC(C)(c3ccc(Cl)cc3)C(c3ccc(Cl)cc3)N21.CC(C)C1=C(C(=O)O)SC2=NC(C)(c3ccc(Cl)cc3)C(c3ccc(Cl)cc3)N21.CN(C)[C@@H]1CCNC1. The van der Waals surface area contributed by atoms with Crippen molar-refractivity contribution in [1.82, 2.24) is 29.8 Å². The third-order valence-electron chi connectivity index (χ3n) is 14.7. The van der Waals surface area contributed by atoms with Crippen LogP contribution in [0.5, 0.6) is 0 Å². The van der Waals surface area contributed by atoms with E-state index in [0.717, 1.165) is 69.3 Å². The summed E-state index contributed by atoms with van der Waals surface area (Å²) in [6.45, 7) is 16.5. The van der Waals surface area contributed by atoms with Crippen molar-refractivity contribution in [2.75, 3.05) is 54.4 Å². The number of carboxylic acid groups (broad SMARTS) is 1. The van der Waals surface area contributed by atoms with E-state index < -0.39 is 17.0 Å². The number of aliphatic carboxylic acids is 1. The maximum atomic E-state index is 13.8. The van der Waals surface area contributed by atoms with Crippen LogP contribution < -0.4 is 5.32 Å². The van der Waals surface area contributed by atoms with Gasteiger partial charge in [0.05, 0.1) is 12.1 Å². The molecule has 0 saturated carbocycles. The summed E-state index contributed by atoms with van der Waals surface area (Å²) in [5, 5.41) is 17.4. The third kappa shape index (κ3) is 11.3. The molecule has 11 nitrogen and oxygen atoms in total. The van der Waals surface area contributed by atoms with Crippen LogP contribution in [0.1, 0.15) is 88.7 Å². The molecule has 2 saturated heterocycles. The number of benzene rings is 4. The molecular formula is C56H66Cl4N8O3S2. The summed E-state index contributed by atoms with van der Waals surface area (Å²) in [5.74, 6) is -0.616. The van der Waals surface area contributed by atoms with Crippen molar-refractivity contribution in [3.05, 3.63) is 161 Å². The number of carbonyl (C=O) groups excluding carboxylic acids is 1. The lowest BCUT2D eigenvalue weighted by Gasteiger charge is -2.37. The maximum absolute atomic E-state index is 13.8. The van der Waals surface area contributed by atoms with Gasteiger partial charge in [0.25, 0.3) is 5.91 Å². The lowest BCUT2D eigenvalue weighted by Crippen LogP contribution is -2.37. The number of likely N-dealkylation sites (N-methyl/N-ethyl adjacent to an activating group) is 2. The zero-order chi connectivity index (χ0) is 52.7. The Morgan fingerprint density at radius 3 is 1.37 bits per heavy atom. The van der Waals surface area contributed by atoms with Crippen molar-refractivity contribution in [1.29, 1.82) is 0 Å². The van der Waals surface area contributed by atoms with Crippen molar-refractivity contribution < 1.29 is 14.7 Å². The molecule has 1 amide bonds. The van der Waals surface area contributed by atoms with Crippen LogP contribution in [-0.4, -0.2) is 118 Å². The molecule has 0 radical (unpaired) electrons. The summed E-state index contributed by atoms with van der Waals surface area (Å²) in [7, 11) is 8.44. The zero-order valence-electron chi connectivity index (χ0n) is 43.2. The summed E-state index contributed by atoms with van der Waals surface area (Å²) in [4.78, 5) is 48.1. The normalized spacial score (nSPS) is 25.4. The molecule has 0 aromatic heterocycles. The fourth-order valence-corrected chi connectivity index (χ4v) is 13.8. The molecule has 0 spiro atoms. The van der Waals surface area contributed by atoms with Crippen LogP contribution in [-0.2, 0) is 20.7 Å². The molecule has 17 heteroatoms. The Labute approximate surface area is 460 Å². The Morgan fingerprint density at radius 2 is 1.03 bits per heavy atom. The Bertz CT molecular complexity index is 2800. The summed E-state index contributed by atoms with van der Waals surface area (Å²) in [6, 6.07) is 32.2. The summed E-state index contributed by atoms with van der Waals surface area (Å²) < 4.78 is 0. The number of amidine groups is 2. The first-order valence-corrected chi connectivity index (χ1v) is 28.0. The Balaban J connectivity index is 0.000000172. The highest BCUT2D eigenvalue weighted by molar-refractivity contribution is 8.18. The Morgan fingerprint density at radius 1 is 0.630 bits per heavy atom. The summed E-state index contributed by atoms with van der Waals surface area (Å²) in [5.41, 5.74) is 4.91. The number of allylic oxidation sites excluding steroid dienone is 2. The number of amides is 1. The van der Waals surface area contributed by atoms with E-state index in [4.69, 9.17) is 56.4 Å². The number of rotatable bonds is 10. The number of nitrogens with one attached hydrogen (secondary N) is 1. The lowest BCUT2D eigenvalue weighted by atomic mass is 9.81. The van der Waals surface area contributed by atoms with Crippen molar-refractivity contribution in [3.8, 4) is 0 Å². The second kappa shape index (κ2) is 22.7. The highest BCUT2D eigenvalue weighted by Crippen LogP contribution is 2.58. The predicted octanol–water partition coefficient (Wildman–Crippen LogP) is 12.6. The van der Waals surface area contributed by atoms with Crippen molar-refractivity contribution in [3.63, 3.8) is 0 Å². The average molecular weight is 1110 g/mol. The minimum absolute atomic E-state index is 0.0312. The molecule has 6 aliphatic heterocycles. The maximum Gasteiger partial charge on any atom is 0.344 e. The van der Waals surface area contributed by atoms with Gasteiger partial charge in [0.1, 0.15) is 20.9 Å². The van der Waals surface area contributed by atoms with Crippen LogP contribution in [0.4, 0.5) is 0 Å². The van der Waals surface area contributed by atoms with Gasteiger partial charge >= 0.3 is 5.97 Å². The van der Waals surface area contributed by atoms with E-state index in [1.807, 2.05) is 91.5 Å². The molecule has 6 heterocycles. The lowest BCUT2D eigenvalue weighted by molar-refractivity contribution is -0.132. The largest absolute Gasteiger partial charge is 0.477 e. The average Bonchev–Trinajstić information content (AvgIpc) is 4.21. The van der Waals surface area contributed by atoms with Gasteiger partial charge in [-0.2, -0.15) is 0 Å². The molecule has 2 fully saturated rings. The molecule has 2 N–H and O–H groups in total. The standard InChI is InChI=1S/C28H32Cl2N4OS.C22H20Cl2N2O2S.C6H14N2/c1-17(2)23-24(26(35)33-15-14-22(16-33)32(4)5)36-27-31-28(3,19-8-12-21(30)13-9-19)25(34(23)27)18-6-10-20(29)11-7-18;1-12(2)17-18(20(27)28)29-21-25-22(3,14-6-10-16(24)11-7-14)19(26(17)21)13-4-8-15(23)9-5-13;1-8(2)6-3-4-7-5-6/h6-13,17,22,25H,14-16H2,1-5H3;4-12,19H,1-3H3,(H,27,28);6-7H,3-5H2,1-2H3/t22-,25?,28?;;6-/m1.1/s1. The molecule has 6 atom stereocenters. The third-order valence-corrected chi connectivity index (χ3v) is 17.8. The number of aliphatic imine (C=N–C) groups is 2. The van der Waals surface area contributed by atoms with Crippen molar-refractivity contribution in [2.45, 2.75) is 89.6 Å². The second-order valence-electron chi connectivity index (χ2n) is 20.8. The van der Waals surface area contributed by atoms with E-state index >= 15 is 0 Å². The van der Waals surface area contributed by atoms with E-state index in [0.29, 0.717) is 36.2 Å². The second-order valence-corrected chi connectivity index (χ2v) is 24.5. The van der Waals surface area contributed by atoms with Crippen LogP contribution in [0.15, 0.2) is 128 Å². The van der Waals surface area contributed by atoms with Crippen LogP contribution in [0, 0.1) is 11.8 Å². The molecule has 0 bridgehead atoms. The smallest absolute Gasteiger partial charge is 0.344 e. The number of carbonyl (C=O) groups is 2. The number of hydrogen-bond acceptors (Lipinski definition) is 11. The molecule has 0 aliphatic carbocycles. The molecule has 4 aromatic carbocycles. The van der Waals surface area contributed by atoms with Gasteiger partial charge in [0.15, 0.2) is 10.3 Å². The fourth-order valence-electron chi connectivity index (χ4n) is 10.7. The first kappa shape index (κ1) is 55.2. The van der Waals surface area contributed by atoms with Crippen LogP contribution in [0.25, 0.3) is 0 Å². The number of hydrogen-bond donors (Lipinski definition) is 2. The minimum atomic E-state index is -0.918. The van der Waals surface area contributed by atoms with Gasteiger partial charge in [-0.15, -0.1) is 0 Å². The van der Waals surface area contributed by atoms with Gasteiger partial charge < -0.3 is 34.9 Å². The molecule has 6 aliphatic rings. The fraction of sp³-hybridized carbons (Fsp3) is 0.429. The molecule has 4 unspecified atom stereocenters. The first-order chi connectivity index (χ1) is 34.6. The van der Waals surface area contributed by atoms with Gasteiger partial charge in [-0.3, -0.25) is 4.79 Å². The van der Waals surface area contributed by atoms with E-state index in [1.165, 1.54) is 43.0 Å². The van der Waals surface area contributed by atoms with E-state index in [1.54, 1.807) is 0 Å². The molecule has 388 valence electrons. The van der Waals surface area contributed by atoms with E-state index in [2.05, 4.69) is 105 Å². The zero-order valence-corrected chi connectivity index (χ0v) is 47.8. The predicted molar refractivity (Wildman–Crippen MR) is 305 cm³/mol. The molecule has 73 heavy (non-hydrogen) atoms. The number of likely N-dealkylation sites (tertiary alicyclic amines) is 1. The number of halogens is 4. The van der Waals surface area contributed by atoms with Gasteiger partial charge in [-0.25, -0.2) is 14.8 Å². The van der Waals surface area contributed by atoms with Crippen LogP contribution >= 0.6 is 69.9 Å². The van der Waals surface area contributed by atoms with Gasteiger partial charge in [0, 0.05) is 63.2 Å². The highest BCUT2D eigenvalue weighted by Gasteiger charge is 2.55. The van der Waals surface area contributed by atoms with Crippen molar-refractivity contribution in [2.24, 2.45) is 21.8 Å². The molecule has 4 aromatic rings. The highest BCUT2D eigenvalue weighted by atomic mass is 35.5. The van der Waals surface area contributed by atoms with Gasteiger partial charge in [-0.05, 0) is 168 Å². The summed E-state index contributed by atoms with van der Waals surface area (Å²) >= 11 is 27.5. The van der Waals surface area contributed by atoms with Gasteiger partial charge in [-0.1, -0.05) is 123 Å². The Hall–Kier alpha value is -4.02. The van der Waals surface area contributed by atoms with Crippen molar-refractivity contribution >= 4 is 92.1 Å². The first-order valence-electron chi connectivity index (χ1n) is 24.8. The van der Waals surface area contributed by atoms with Crippen LogP contribution in [0.2, 0.25) is 20.1 Å². The number of thioether (sulfide) groups is 2.